The number of benzene rings is 1. The summed E-state index contributed by atoms with van der Waals surface area (Å²) >= 11 is 0. The molecule has 6 heteroatoms. The van der Waals surface area contributed by atoms with Crippen LogP contribution in [0.4, 0.5) is 11.4 Å². The maximum Gasteiger partial charge on any atom is 0.296 e. The third-order valence-corrected chi connectivity index (χ3v) is 3.85. The van der Waals surface area contributed by atoms with Gasteiger partial charge >= 0.3 is 0 Å². The Morgan fingerprint density at radius 1 is 1.50 bits per heavy atom. The van der Waals surface area contributed by atoms with E-state index in [-0.39, 0.29) is 16.7 Å². The van der Waals surface area contributed by atoms with Crippen molar-refractivity contribution in [2.24, 2.45) is 5.92 Å². The molecule has 1 fully saturated rings. The molecule has 1 aliphatic rings. The van der Waals surface area contributed by atoms with Gasteiger partial charge in [0, 0.05) is 12.6 Å². The summed E-state index contributed by atoms with van der Waals surface area (Å²) in [4.78, 5) is 13.1. The van der Waals surface area contributed by atoms with Crippen LogP contribution < -0.4 is 10.1 Å². The van der Waals surface area contributed by atoms with E-state index >= 15 is 0 Å². The van der Waals surface area contributed by atoms with Crippen molar-refractivity contribution in [2.75, 3.05) is 32.6 Å². The maximum atomic E-state index is 11.2. The number of anilines is 1. The third-order valence-electron chi connectivity index (χ3n) is 3.85. The van der Waals surface area contributed by atoms with Crippen LogP contribution in [-0.2, 0) is 0 Å². The molecule has 110 valence electrons. The van der Waals surface area contributed by atoms with Gasteiger partial charge in [-0.3, -0.25) is 10.1 Å². The largest absolute Gasteiger partial charge is 0.496 e. The summed E-state index contributed by atoms with van der Waals surface area (Å²) in [6.07, 6.45) is 0.987. The Labute approximate surface area is 118 Å². The van der Waals surface area contributed by atoms with E-state index in [9.17, 15) is 10.1 Å². The molecule has 2 atom stereocenters. The minimum atomic E-state index is -0.371. The van der Waals surface area contributed by atoms with Gasteiger partial charge in [-0.2, -0.15) is 0 Å². The van der Waals surface area contributed by atoms with Gasteiger partial charge in [-0.15, -0.1) is 0 Å². The first kappa shape index (κ1) is 14.6. The van der Waals surface area contributed by atoms with E-state index in [0.717, 1.165) is 19.5 Å². The predicted molar refractivity (Wildman–Crippen MR) is 78.3 cm³/mol. The van der Waals surface area contributed by atoms with Gasteiger partial charge in [-0.25, -0.2) is 0 Å². The molecule has 0 bridgehead atoms. The molecule has 0 aliphatic carbocycles. The lowest BCUT2D eigenvalue weighted by molar-refractivity contribution is -0.384. The van der Waals surface area contributed by atoms with Gasteiger partial charge in [0.15, 0.2) is 0 Å². The molecule has 20 heavy (non-hydrogen) atoms. The SMILES string of the molecule is COc1ccc(NC2CCN(C)CC2C)c([N+](=O)[O-])c1. The first-order valence-corrected chi connectivity index (χ1v) is 6.78. The highest BCUT2D eigenvalue weighted by molar-refractivity contribution is 5.64. The van der Waals surface area contributed by atoms with Crippen molar-refractivity contribution in [1.29, 1.82) is 0 Å². The number of nitrogens with zero attached hydrogens (tertiary/aromatic N) is 2. The smallest absolute Gasteiger partial charge is 0.296 e. The highest BCUT2D eigenvalue weighted by Gasteiger charge is 2.26. The molecule has 0 aromatic heterocycles. The lowest BCUT2D eigenvalue weighted by atomic mass is 9.94. The van der Waals surface area contributed by atoms with E-state index in [0.29, 0.717) is 17.4 Å². The summed E-state index contributed by atoms with van der Waals surface area (Å²) < 4.78 is 5.05. The molecule has 0 spiro atoms. The van der Waals surface area contributed by atoms with Crippen LogP contribution in [0.2, 0.25) is 0 Å². The van der Waals surface area contributed by atoms with Crippen LogP contribution in [0.25, 0.3) is 0 Å². The number of hydrogen-bond donors (Lipinski definition) is 1. The van der Waals surface area contributed by atoms with Crippen molar-refractivity contribution in [3.63, 3.8) is 0 Å². The number of nitro groups is 1. The topological polar surface area (TPSA) is 67.6 Å². The number of nitrogens with one attached hydrogen (secondary N) is 1. The van der Waals surface area contributed by atoms with Crippen molar-refractivity contribution in [2.45, 2.75) is 19.4 Å². The van der Waals surface area contributed by atoms with E-state index < -0.39 is 0 Å². The Balaban J connectivity index is 2.18. The standard InChI is InChI=1S/C14H21N3O3/c1-10-9-16(2)7-6-12(10)15-13-5-4-11(20-3)8-14(13)17(18)19/h4-5,8,10,12,15H,6-7,9H2,1-3H3. The summed E-state index contributed by atoms with van der Waals surface area (Å²) in [5.41, 5.74) is 0.632. The first-order chi connectivity index (χ1) is 9.51. The van der Waals surface area contributed by atoms with Gasteiger partial charge in [-0.05, 0) is 38.1 Å². The quantitative estimate of drug-likeness (QED) is 0.677. The predicted octanol–water partition coefficient (Wildman–Crippen LogP) is 2.36. The van der Waals surface area contributed by atoms with Crippen LogP contribution in [0.3, 0.4) is 0 Å². The van der Waals surface area contributed by atoms with Gasteiger partial charge in [0.25, 0.3) is 5.69 Å². The number of ether oxygens (including phenoxy) is 1. The number of methoxy groups -OCH3 is 1. The van der Waals surface area contributed by atoms with E-state index in [1.54, 1.807) is 12.1 Å². The van der Waals surface area contributed by atoms with Crippen LogP contribution >= 0.6 is 0 Å². The molecule has 1 aromatic carbocycles. The van der Waals surface area contributed by atoms with Crippen LogP contribution in [-0.4, -0.2) is 43.1 Å². The molecule has 1 aromatic rings. The van der Waals surface area contributed by atoms with Crippen molar-refractivity contribution in [3.05, 3.63) is 28.3 Å². The second kappa shape index (κ2) is 6.09. The summed E-state index contributed by atoms with van der Waals surface area (Å²) in [5.74, 6) is 0.953. The van der Waals surface area contributed by atoms with Crippen molar-refractivity contribution < 1.29 is 9.66 Å². The average molecular weight is 279 g/mol. The fourth-order valence-electron chi connectivity index (χ4n) is 2.68. The summed E-state index contributed by atoms with van der Waals surface area (Å²) in [5, 5.41) is 14.5. The van der Waals surface area contributed by atoms with E-state index in [1.165, 1.54) is 13.2 Å². The van der Waals surface area contributed by atoms with E-state index in [2.05, 4.69) is 24.2 Å². The van der Waals surface area contributed by atoms with E-state index in [1.807, 2.05) is 0 Å². The Morgan fingerprint density at radius 2 is 2.25 bits per heavy atom. The molecule has 2 rings (SSSR count). The fourth-order valence-corrected chi connectivity index (χ4v) is 2.68. The zero-order valence-corrected chi connectivity index (χ0v) is 12.1. The number of hydrogen-bond acceptors (Lipinski definition) is 5. The lowest BCUT2D eigenvalue weighted by Crippen LogP contribution is -2.43. The van der Waals surface area contributed by atoms with Crippen molar-refractivity contribution >= 4 is 11.4 Å². The second-order valence-electron chi connectivity index (χ2n) is 5.42. The fraction of sp³-hybridized carbons (Fsp3) is 0.571. The molecule has 1 heterocycles. The molecule has 0 radical (unpaired) electrons. The first-order valence-electron chi connectivity index (χ1n) is 6.78. The number of likely N-dealkylation sites (tertiary alicyclic amines) is 1. The van der Waals surface area contributed by atoms with Gasteiger partial charge in [-0.1, -0.05) is 6.92 Å². The van der Waals surface area contributed by atoms with Crippen molar-refractivity contribution in [1.82, 2.24) is 4.90 Å². The number of piperidine rings is 1. The van der Waals surface area contributed by atoms with Gasteiger partial charge in [0.1, 0.15) is 11.4 Å². The molecule has 0 amide bonds. The van der Waals surface area contributed by atoms with E-state index in [4.69, 9.17) is 4.74 Å². The van der Waals surface area contributed by atoms with Gasteiger partial charge in [0.2, 0.25) is 0 Å². The number of rotatable bonds is 4. The molecule has 2 unspecified atom stereocenters. The van der Waals surface area contributed by atoms with Gasteiger partial charge < -0.3 is 15.0 Å². The third kappa shape index (κ3) is 3.19. The highest BCUT2D eigenvalue weighted by atomic mass is 16.6. The zero-order valence-electron chi connectivity index (χ0n) is 12.1. The molecule has 1 aliphatic heterocycles. The minimum Gasteiger partial charge on any atom is -0.496 e. The lowest BCUT2D eigenvalue weighted by Gasteiger charge is -2.35. The molecule has 1 saturated heterocycles. The molecule has 1 N–H and O–H groups in total. The summed E-state index contributed by atoms with van der Waals surface area (Å²) in [7, 11) is 3.60. The Hall–Kier alpha value is -1.82. The van der Waals surface area contributed by atoms with Crippen molar-refractivity contribution in [3.8, 4) is 5.75 Å². The molecular weight excluding hydrogens is 258 g/mol. The van der Waals surface area contributed by atoms with Gasteiger partial charge in [0.05, 0.1) is 18.1 Å². The minimum absolute atomic E-state index is 0.0653. The monoisotopic (exact) mass is 279 g/mol. The summed E-state index contributed by atoms with van der Waals surface area (Å²) in [6.45, 7) is 4.18. The normalized spacial score (nSPS) is 23.4. The Morgan fingerprint density at radius 3 is 2.85 bits per heavy atom. The highest BCUT2D eigenvalue weighted by Crippen LogP contribution is 2.31. The number of nitro benzene ring substituents is 1. The Kier molecular flexibility index (Phi) is 4.44. The second-order valence-corrected chi connectivity index (χ2v) is 5.42. The zero-order chi connectivity index (χ0) is 14.7. The van der Waals surface area contributed by atoms with Crippen LogP contribution in [0.1, 0.15) is 13.3 Å². The summed E-state index contributed by atoms with van der Waals surface area (Å²) in [6, 6.07) is 5.19. The maximum absolute atomic E-state index is 11.2. The van der Waals surface area contributed by atoms with Crippen LogP contribution in [0.5, 0.6) is 5.75 Å². The molecule has 0 saturated carbocycles. The molecular formula is C14H21N3O3. The molecule has 6 nitrogen and oxygen atoms in total. The Bertz CT molecular complexity index is 493. The van der Waals surface area contributed by atoms with Crippen LogP contribution in [0.15, 0.2) is 18.2 Å². The van der Waals surface area contributed by atoms with Crippen LogP contribution in [0, 0.1) is 16.0 Å². The average Bonchev–Trinajstić information content (AvgIpc) is 2.42.